The zero-order chi connectivity index (χ0) is 18.9. The van der Waals surface area contributed by atoms with Gasteiger partial charge in [-0.2, -0.15) is 0 Å². The van der Waals surface area contributed by atoms with Gasteiger partial charge in [0.1, 0.15) is 11.5 Å². The molecule has 8 heteroatoms. The number of Topliss-reactive ketones (excluding diaryl/α,β-unsaturated/α-hetero) is 1. The lowest BCUT2D eigenvalue weighted by atomic mass is 10.1. The lowest BCUT2D eigenvalue weighted by molar-refractivity contribution is -0.117. The number of aromatic nitrogens is 3. The highest BCUT2D eigenvalue weighted by Gasteiger charge is 2.01. The first-order chi connectivity index (χ1) is 12.7. The van der Waals surface area contributed by atoms with Crippen LogP contribution in [0, 0.1) is 0 Å². The standard InChI is InChI=1S/C18H33N3O5/c1-3-23-9-10-24-11-12-25-13-14-26-16-18-15-21(20-19-18)8-6-4-5-7-17(2)22/h15H,3-14,16H2,1-2H3. The molecule has 0 unspecified atom stereocenters. The van der Waals surface area contributed by atoms with E-state index in [0.29, 0.717) is 59.3 Å². The molecule has 26 heavy (non-hydrogen) atoms. The second-order valence-corrected chi connectivity index (χ2v) is 5.96. The molecule has 1 heterocycles. The minimum absolute atomic E-state index is 0.253. The van der Waals surface area contributed by atoms with Crippen LogP contribution in [0.2, 0.25) is 0 Å². The average molecular weight is 371 g/mol. The van der Waals surface area contributed by atoms with Crippen molar-refractivity contribution in [3.8, 4) is 0 Å². The van der Waals surface area contributed by atoms with Crippen LogP contribution in [0.4, 0.5) is 0 Å². The maximum absolute atomic E-state index is 10.9. The first kappa shape index (κ1) is 22.7. The molecule has 0 aliphatic heterocycles. The largest absolute Gasteiger partial charge is 0.379 e. The molecule has 0 saturated carbocycles. The quantitative estimate of drug-likeness (QED) is 0.365. The third-order valence-corrected chi connectivity index (χ3v) is 3.57. The number of hydrogen-bond donors (Lipinski definition) is 0. The van der Waals surface area contributed by atoms with Gasteiger partial charge >= 0.3 is 0 Å². The Bertz CT molecular complexity index is 467. The first-order valence-corrected chi connectivity index (χ1v) is 9.41. The normalized spacial score (nSPS) is 11.2. The summed E-state index contributed by atoms with van der Waals surface area (Å²) in [5.74, 6) is 0.253. The monoisotopic (exact) mass is 371 g/mol. The van der Waals surface area contributed by atoms with E-state index >= 15 is 0 Å². The van der Waals surface area contributed by atoms with Crippen LogP contribution in [0.25, 0.3) is 0 Å². The van der Waals surface area contributed by atoms with Gasteiger partial charge < -0.3 is 23.7 Å². The van der Waals surface area contributed by atoms with Crippen molar-refractivity contribution in [2.24, 2.45) is 0 Å². The summed E-state index contributed by atoms with van der Waals surface area (Å²) in [7, 11) is 0. The van der Waals surface area contributed by atoms with E-state index in [1.54, 1.807) is 6.92 Å². The number of nitrogens with zero attached hydrogens (tertiary/aromatic N) is 3. The van der Waals surface area contributed by atoms with Crippen LogP contribution in [0.1, 0.15) is 45.2 Å². The van der Waals surface area contributed by atoms with E-state index in [1.165, 1.54) is 0 Å². The Balaban J connectivity index is 1.92. The molecule has 0 radical (unpaired) electrons. The Kier molecular flexibility index (Phi) is 13.8. The minimum atomic E-state index is 0.253. The van der Waals surface area contributed by atoms with Crippen LogP contribution < -0.4 is 0 Å². The number of carbonyl (C=O) groups is 1. The second-order valence-electron chi connectivity index (χ2n) is 5.96. The van der Waals surface area contributed by atoms with Gasteiger partial charge in [-0.1, -0.05) is 11.6 Å². The summed E-state index contributed by atoms with van der Waals surface area (Å²) >= 11 is 0. The van der Waals surface area contributed by atoms with Crippen LogP contribution >= 0.6 is 0 Å². The third-order valence-electron chi connectivity index (χ3n) is 3.57. The molecule has 8 nitrogen and oxygen atoms in total. The fourth-order valence-electron chi connectivity index (χ4n) is 2.22. The molecule has 0 amide bonds. The maximum atomic E-state index is 10.9. The number of rotatable bonds is 18. The van der Waals surface area contributed by atoms with Crippen LogP contribution in [-0.4, -0.2) is 67.0 Å². The maximum Gasteiger partial charge on any atom is 0.129 e. The van der Waals surface area contributed by atoms with E-state index in [0.717, 1.165) is 31.5 Å². The van der Waals surface area contributed by atoms with E-state index in [9.17, 15) is 4.79 Å². The molecule has 0 saturated heterocycles. The van der Waals surface area contributed by atoms with Crippen LogP contribution in [-0.2, 0) is 36.9 Å². The van der Waals surface area contributed by atoms with E-state index < -0.39 is 0 Å². The van der Waals surface area contributed by atoms with Gasteiger partial charge in [-0.15, -0.1) is 5.10 Å². The first-order valence-electron chi connectivity index (χ1n) is 9.41. The molecule has 0 spiro atoms. The molecular weight excluding hydrogens is 338 g/mol. The Morgan fingerprint density at radius 1 is 0.962 bits per heavy atom. The summed E-state index contributed by atoms with van der Waals surface area (Å²) in [6, 6.07) is 0. The van der Waals surface area contributed by atoms with E-state index in [2.05, 4.69) is 10.3 Å². The van der Waals surface area contributed by atoms with E-state index in [1.807, 2.05) is 17.8 Å². The van der Waals surface area contributed by atoms with Gasteiger partial charge in [-0.05, 0) is 26.7 Å². The molecular formula is C18H33N3O5. The number of ether oxygens (including phenoxy) is 4. The van der Waals surface area contributed by atoms with Crippen LogP contribution in [0.3, 0.4) is 0 Å². The zero-order valence-corrected chi connectivity index (χ0v) is 16.2. The van der Waals surface area contributed by atoms with Crippen molar-refractivity contribution in [3.63, 3.8) is 0 Å². The Morgan fingerprint density at radius 2 is 1.62 bits per heavy atom. The third kappa shape index (κ3) is 12.9. The van der Waals surface area contributed by atoms with Crippen molar-refractivity contribution in [2.45, 2.75) is 52.7 Å². The summed E-state index contributed by atoms with van der Waals surface area (Å²) in [5, 5.41) is 8.17. The van der Waals surface area contributed by atoms with Gasteiger partial charge in [0.2, 0.25) is 0 Å². The zero-order valence-electron chi connectivity index (χ0n) is 16.2. The highest BCUT2D eigenvalue weighted by molar-refractivity contribution is 5.75. The summed E-state index contributed by atoms with van der Waals surface area (Å²) in [6.45, 7) is 8.93. The van der Waals surface area contributed by atoms with Crippen molar-refractivity contribution in [2.75, 3.05) is 46.2 Å². The Labute approximate surface area is 156 Å². The van der Waals surface area contributed by atoms with Crippen molar-refractivity contribution < 1.29 is 23.7 Å². The number of hydrogen-bond acceptors (Lipinski definition) is 7. The predicted octanol–water partition coefficient (Wildman–Crippen LogP) is 2.01. The van der Waals surface area contributed by atoms with Gasteiger partial charge in [-0.3, -0.25) is 4.68 Å². The fraction of sp³-hybridized carbons (Fsp3) is 0.833. The van der Waals surface area contributed by atoms with E-state index in [4.69, 9.17) is 18.9 Å². The second kappa shape index (κ2) is 15.9. The number of carbonyl (C=O) groups excluding carboxylic acids is 1. The molecule has 0 aliphatic rings. The van der Waals surface area contributed by atoms with Gasteiger partial charge in [0.25, 0.3) is 0 Å². The SMILES string of the molecule is CCOCCOCCOCCOCc1cn(CCCCCC(C)=O)nn1. The van der Waals surface area contributed by atoms with Crippen molar-refractivity contribution in [1.82, 2.24) is 15.0 Å². The summed E-state index contributed by atoms with van der Waals surface area (Å²) in [6.07, 6.45) is 5.53. The molecule has 0 fully saturated rings. The molecule has 0 atom stereocenters. The number of ketones is 1. The summed E-state index contributed by atoms with van der Waals surface area (Å²) < 4.78 is 23.3. The Hall–Kier alpha value is -1.35. The highest BCUT2D eigenvalue weighted by atomic mass is 16.6. The van der Waals surface area contributed by atoms with E-state index in [-0.39, 0.29) is 5.78 Å². The molecule has 1 aromatic heterocycles. The van der Waals surface area contributed by atoms with Crippen molar-refractivity contribution >= 4 is 5.78 Å². The Morgan fingerprint density at radius 3 is 2.27 bits per heavy atom. The molecule has 0 aliphatic carbocycles. The molecule has 0 N–H and O–H groups in total. The number of unbranched alkanes of at least 4 members (excludes halogenated alkanes) is 2. The predicted molar refractivity (Wildman–Crippen MR) is 97.0 cm³/mol. The van der Waals surface area contributed by atoms with Crippen molar-refractivity contribution in [1.29, 1.82) is 0 Å². The lowest BCUT2D eigenvalue weighted by Gasteiger charge is -2.06. The molecule has 1 rings (SSSR count). The highest BCUT2D eigenvalue weighted by Crippen LogP contribution is 2.03. The fourth-order valence-corrected chi connectivity index (χ4v) is 2.22. The molecule has 1 aromatic rings. The molecule has 0 bridgehead atoms. The topological polar surface area (TPSA) is 84.7 Å². The van der Waals surface area contributed by atoms with Crippen LogP contribution in [0.15, 0.2) is 6.20 Å². The smallest absolute Gasteiger partial charge is 0.129 e. The van der Waals surface area contributed by atoms with Crippen LogP contribution in [0.5, 0.6) is 0 Å². The minimum Gasteiger partial charge on any atom is -0.379 e. The lowest BCUT2D eigenvalue weighted by Crippen LogP contribution is -2.11. The van der Waals surface area contributed by atoms with Gasteiger partial charge in [0.05, 0.1) is 52.4 Å². The average Bonchev–Trinajstić information content (AvgIpc) is 3.07. The molecule has 150 valence electrons. The van der Waals surface area contributed by atoms with Crippen molar-refractivity contribution in [3.05, 3.63) is 11.9 Å². The summed E-state index contributed by atoms with van der Waals surface area (Å²) in [5.41, 5.74) is 0.813. The molecule has 0 aromatic carbocycles. The van der Waals surface area contributed by atoms with Gasteiger partial charge in [-0.25, -0.2) is 0 Å². The van der Waals surface area contributed by atoms with Gasteiger partial charge in [0.15, 0.2) is 0 Å². The van der Waals surface area contributed by atoms with Gasteiger partial charge in [0, 0.05) is 19.6 Å². The number of aryl methyl sites for hydroxylation is 1. The summed E-state index contributed by atoms with van der Waals surface area (Å²) in [4.78, 5) is 10.9.